The second-order valence-electron chi connectivity index (χ2n) is 7.59. The topological polar surface area (TPSA) is 67.8 Å². The normalized spacial score (nSPS) is 19.8. The zero-order chi connectivity index (χ0) is 21.1. The lowest BCUT2D eigenvalue weighted by Crippen LogP contribution is -2.58. The van der Waals surface area contributed by atoms with Crippen molar-refractivity contribution in [2.45, 2.75) is 32.9 Å². The van der Waals surface area contributed by atoms with Crippen LogP contribution in [-0.4, -0.2) is 64.0 Å². The summed E-state index contributed by atoms with van der Waals surface area (Å²) < 4.78 is 12.8. The number of pyridine rings is 1. The minimum absolute atomic E-state index is 0.148. The van der Waals surface area contributed by atoms with Gasteiger partial charge < -0.3 is 14.4 Å². The Morgan fingerprint density at radius 2 is 1.90 bits per heavy atom. The highest BCUT2D eigenvalue weighted by atomic mass is 32.1. The van der Waals surface area contributed by atoms with E-state index in [4.69, 9.17) is 9.47 Å². The molecule has 2 aromatic heterocycles. The van der Waals surface area contributed by atoms with Crippen LogP contribution in [0.4, 0.5) is 0 Å². The van der Waals surface area contributed by atoms with Crippen LogP contribution < -0.4 is 9.47 Å². The summed E-state index contributed by atoms with van der Waals surface area (Å²) >= 11 is 1.47. The van der Waals surface area contributed by atoms with Gasteiger partial charge in [0.2, 0.25) is 5.91 Å². The van der Waals surface area contributed by atoms with Crippen molar-refractivity contribution in [1.29, 1.82) is 0 Å². The summed E-state index contributed by atoms with van der Waals surface area (Å²) in [7, 11) is 0. The van der Waals surface area contributed by atoms with E-state index in [0.717, 1.165) is 30.1 Å². The Bertz CT molecular complexity index is 974. The number of benzene rings is 1. The molecule has 3 heterocycles. The predicted molar refractivity (Wildman–Crippen MR) is 117 cm³/mol. The van der Waals surface area contributed by atoms with Gasteiger partial charge in [-0.15, -0.1) is 0 Å². The van der Waals surface area contributed by atoms with Crippen molar-refractivity contribution < 1.29 is 14.3 Å². The Morgan fingerprint density at radius 1 is 1.13 bits per heavy atom. The van der Waals surface area contributed by atoms with Crippen LogP contribution >= 0.6 is 11.3 Å². The fraction of sp³-hybridized carbons (Fsp3) is 0.409. The van der Waals surface area contributed by atoms with Gasteiger partial charge in [0.1, 0.15) is 18.1 Å². The number of nitrogens with zero attached hydrogens (tertiary/aromatic N) is 4. The number of thiazole rings is 1. The SMILES string of the molecule is CC(=O)N1C[C@H](C)N(CCOc2ccc(Oc3nc4ncccc4s3)cc2)C[C@@H]1C. The summed E-state index contributed by atoms with van der Waals surface area (Å²) in [6.07, 6.45) is 1.72. The number of hydrogen-bond donors (Lipinski definition) is 0. The van der Waals surface area contributed by atoms with E-state index in [1.54, 1.807) is 13.1 Å². The quantitative estimate of drug-likeness (QED) is 0.597. The van der Waals surface area contributed by atoms with Crippen molar-refractivity contribution in [3.05, 3.63) is 42.6 Å². The predicted octanol–water partition coefficient (Wildman–Crippen LogP) is 3.80. The first kappa shape index (κ1) is 20.6. The molecule has 1 fully saturated rings. The summed E-state index contributed by atoms with van der Waals surface area (Å²) in [4.78, 5) is 24.7. The van der Waals surface area contributed by atoms with Crippen LogP contribution in [0, 0.1) is 0 Å². The first-order valence-electron chi connectivity index (χ1n) is 10.1. The standard InChI is InChI=1S/C22H26N4O3S/c1-15-14-26(17(3)27)16(2)13-25(15)11-12-28-18-6-8-19(9-7-18)29-22-24-21-20(30-22)5-4-10-23-21/h4-10,15-16H,11-14H2,1-3H3/t15-,16-/m0/s1. The Balaban J connectivity index is 1.27. The van der Waals surface area contributed by atoms with Gasteiger partial charge in [-0.3, -0.25) is 9.69 Å². The van der Waals surface area contributed by atoms with Crippen molar-refractivity contribution in [1.82, 2.24) is 19.8 Å². The molecular weight excluding hydrogens is 400 g/mol. The first-order chi connectivity index (χ1) is 14.5. The second kappa shape index (κ2) is 8.97. The zero-order valence-corrected chi connectivity index (χ0v) is 18.3. The maximum atomic E-state index is 11.7. The molecule has 0 saturated carbocycles. The molecule has 0 N–H and O–H groups in total. The molecule has 0 aliphatic carbocycles. The largest absolute Gasteiger partial charge is 0.492 e. The highest BCUT2D eigenvalue weighted by molar-refractivity contribution is 7.20. The number of aromatic nitrogens is 2. The number of fused-ring (bicyclic) bond motifs is 1. The van der Waals surface area contributed by atoms with Gasteiger partial charge in [0.15, 0.2) is 5.65 Å². The fourth-order valence-corrected chi connectivity index (χ4v) is 4.52. The molecule has 1 aliphatic heterocycles. The van der Waals surface area contributed by atoms with Crippen LogP contribution in [0.1, 0.15) is 20.8 Å². The Hall–Kier alpha value is -2.71. The maximum Gasteiger partial charge on any atom is 0.281 e. The van der Waals surface area contributed by atoms with Gasteiger partial charge in [0.25, 0.3) is 5.19 Å². The Labute approximate surface area is 180 Å². The van der Waals surface area contributed by atoms with Crippen molar-refractivity contribution in [3.8, 4) is 16.7 Å². The third-order valence-electron chi connectivity index (χ3n) is 5.34. The van der Waals surface area contributed by atoms with Crippen LogP contribution in [0.25, 0.3) is 10.3 Å². The number of piperazine rings is 1. The molecule has 8 heteroatoms. The average Bonchev–Trinajstić information content (AvgIpc) is 3.13. The molecule has 0 spiro atoms. The van der Waals surface area contributed by atoms with E-state index in [2.05, 4.69) is 28.7 Å². The molecule has 7 nitrogen and oxygen atoms in total. The molecule has 30 heavy (non-hydrogen) atoms. The summed E-state index contributed by atoms with van der Waals surface area (Å²) in [5, 5.41) is 0.574. The van der Waals surface area contributed by atoms with Gasteiger partial charge in [0, 0.05) is 44.8 Å². The van der Waals surface area contributed by atoms with Crippen molar-refractivity contribution in [2.75, 3.05) is 26.2 Å². The summed E-state index contributed by atoms with van der Waals surface area (Å²) in [5.74, 6) is 1.66. The van der Waals surface area contributed by atoms with Crippen molar-refractivity contribution in [2.24, 2.45) is 0 Å². The van der Waals surface area contributed by atoms with Crippen LogP contribution in [0.2, 0.25) is 0 Å². The van der Waals surface area contributed by atoms with Gasteiger partial charge in [-0.1, -0.05) is 11.3 Å². The van der Waals surface area contributed by atoms with Gasteiger partial charge in [-0.2, -0.15) is 4.98 Å². The molecule has 1 amide bonds. The third kappa shape index (κ3) is 4.71. The minimum Gasteiger partial charge on any atom is -0.492 e. The lowest BCUT2D eigenvalue weighted by Gasteiger charge is -2.43. The number of carbonyl (C=O) groups is 1. The third-order valence-corrected chi connectivity index (χ3v) is 6.23. The van der Waals surface area contributed by atoms with E-state index in [9.17, 15) is 4.79 Å². The monoisotopic (exact) mass is 426 g/mol. The van der Waals surface area contributed by atoms with Gasteiger partial charge in [0.05, 0.1) is 4.70 Å². The summed E-state index contributed by atoms with van der Waals surface area (Å²) in [6.45, 7) is 8.96. The van der Waals surface area contributed by atoms with E-state index in [1.165, 1.54) is 11.3 Å². The minimum atomic E-state index is 0.148. The molecule has 1 aliphatic rings. The van der Waals surface area contributed by atoms with E-state index < -0.39 is 0 Å². The first-order valence-corrected chi connectivity index (χ1v) is 10.9. The number of rotatable bonds is 6. The van der Waals surface area contributed by atoms with Gasteiger partial charge in [-0.05, 0) is 50.2 Å². The molecule has 0 radical (unpaired) electrons. The number of hydrogen-bond acceptors (Lipinski definition) is 7. The van der Waals surface area contributed by atoms with Gasteiger partial charge in [-0.25, -0.2) is 4.98 Å². The van der Waals surface area contributed by atoms with Crippen LogP contribution in [-0.2, 0) is 4.79 Å². The Morgan fingerprint density at radius 3 is 2.63 bits per heavy atom. The average molecular weight is 427 g/mol. The van der Waals surface area contributed by atoms with Crippen molar-refractivity contribution >= 4 is 27.6 Å². The fourth-order valence-electron chi connectivity index (χ4n) is 3.73. The molecular formula is C22H26N4O3S. The number of ether oxygens (including phenoxy) is 2. The van der Waals surface area contributed by atoms with E-state index >= 15 is 0 Å². The molecule has 4 rings (SSSR count). The van der Waals surface area contributed by atoms with Crippen molar-refractivity contribution in [3.63, 3.8) is 0 Å². The molecule has 1 aromatic carbocycles. The second-order valence-corrected chi connectivity index (χ2v) is 8.58. The van der Waals surface area contributed by atoms with E-state index in [0.29, 0.717) is 29.2 Å². The lowest BCUT2D eigenvalue weighted by atomic mass is 10.1. The van der Waals surface area contributed by atoms with Crippen LogP contribution in [0.3, 0.4) is 0 Å². The highest BCUT2D eigenvalue weighted by Crippen LogP contribution is 2.30. The van der Waals surface area contributed by atoms with Gasteiger partial charge >= 0.3 is 0 Å². The smallest absolute Gasteiger partial charge is 0.281 e. The molecule has 3 aromatic rings. The highest BCUT2D eigenvalue weighted by Gasteiger charge is 2.30. The van der Waals surface area contributed by atoms with Crippen LogP contribution in [0.15, 0.2) is 42.6 Å². The van der Waals surface area contributed by atoms with E-state index in [-0.39, 0.29) is 11.9 Å². The molecule has 158 valence electrons. The maximum absolute atomic E-state index is 11.7. The molecule has 0 bridgehead atoms. The number of carbonyl (C=O) groups excluding carboxylic acids is 1. The Kier molecular flexibility index (Phi) is 6.15. The molecule has 2 atom stereocenters. The van der Waals surface area contributed by atoms with Crippen LogP contribution in [0.5, 0.6) is 16.7 Å². The molecule has 0 unspecified atom stereocenters. The summed E-state index contributed by atoms with van der Waals surface area (Å²) in [5.41, 5.74) is 0.699. The summed E-state index contributed by atoms with van der Waals surface area (Å²) in [6, 6.07) is 12.0. The molecule has 1 saturated heterocycles. The zero-order valence-electron chi connectivity index (χ0n) is 17.4. The van der Waals surface area contributed by atoms with E-state index in [1.807, 2.05) is 41.3 Å². The lowest BCUT2D eigenvalue weighted by molar-refractivity contribution is -0.134. The number of amides is 1.